The summed E-state index contributed by atoms with van der Waals surface area (Å²) in [5.41, 5.74) is 0.255. The number of rotatable bonds is 7. The van der Waals surface area contributed by atoms with Crippen molar-refractivity contribution in [3.05, 3.63) is 65.2 Å². The second kappa shape index (κ2) is 10.7. The third-order valence-electron chi connectivity index (χ3n) is 7.09. The van der Waals surface area contributed by atoms with Crippen LogP contribution in [-0.2, 0) is 0 Å². The van der Waals surface area contributed by atoms with E-state index in [0.717, 1.165) is 37.8 Å². The van der Waals surface area contributed by atoms with Gasteiger partial charge in [-0.25, -0.2) is 17.6 Å². The molecule has 8 heteroatoms. The molecule has 36 heavy (non-hydrogen) atoms. The van der Waals surface area contributed by atoms with Gasteiger partial charge in [0.15, 0.2) is 11.6 Å². The van der Waals surface area contributed by atoms with E-state index in [-0.39, 0.29) is 27.8 Å². The van der Waals surface area contributed by atoms with Crippen LogP contribution in [0.4, 0.5) is 30.7 Å². The first kappa shape index (κ1) is 26.3. The maximum absolute atomic E-state index is 15.1. The highest BCUT2D eigenvalue weighted by atomic mass is 19.4. The van der Waals surface area contributed by atoms with Crippen molar-refractivity contribution in [2.24, 2.45) is 5.92 Å². The zero-order valence-corrected chi connectivity index (χ0v) is 19.8. The van der Waals surface area contributed by atoms with Crippen molar-refractivity contribution in [2.75, 3.05) is 0 Å². The van der Waals surface area contributed by atoms with Gasteiger partial charge in [0.05, 0.1) is 5.56 Å². The van der Waals surface area contributed by atoms with Crippen molar-refractivity contribution in [2.45, 2.75) is 70.6 Å². The monoisotopic (exact) mass is 512 g/mol. The Hall–Kier alpha value is -2.77. The molecule has 0 atom stereocenters. The molecule has 1 nitrogen and oxygen atoms in total. The molecule has 1 saturated carbocycles. The SMILES string of the molecule is CCCCC[C@H]1CC[C@H](c2cc(F)c(-c3ccc4c(F)c(OC(F)(F)F)c(F)cc4c3)c(F)c2)CC1. The van der Waals surface area contributed by atoms with Crippen LogP contribution in [-0.4, -0.2) is 6.36 Å². The summed E-state index contributed by atoms with van der Waals surface area (Å²) in [4.78, 5) is 0. The van der Waals surface area contributed by atoms with E-state index in [1.54, 1.807) is 0 Å². The van der Waals surface area contributed by atoms with Gasteiger partial charge < -0.3 is 4.74 Å². The van der Waals surface area contributed by atoms with Crippen LogP contribution in [0.25, 0.3) is 21.9 Å². The Balaban J connectivity index is 1.58. The normalized spacial score (nSPS) is 18.6. The Labute approximate surface area is 205 Å². The van der Waals surface area contributed by atoms with Crippen LogP contribution in [0.15, 0.2) is 36.4 Å². The molecule has 0 aliphatic heterocycles. The van der Waals surface area contributed by atoms with Crippen molar-refractivity contribution in [1.29, 1.82) is 0 Å². The predicted octanol–water partition coefficient (Wildman–Crippen LogP) is 9.82. The number of halogens is 7. The largest absolute Gasteiger partial charge is 0.573 e. The first-order valence-electron chi connectivity index (χ1n) is 12.2. The number of unbranched alkanes of at least 4 members (excludes halogenated alkanes) is 2. The fraction of sp³-hybridized carbons (Fsp3) is 0.429. The summed E-state index contributed by atoms with van der Waals surface area (Å²) in [6.07, 6.45) is 3.30. The van der Waals surface area contributed by atoms with Gasteiger partial charge in [0.1, 0.15) is 11.6 Å². The molecular weight excluding hydrogens is 485 g/mol. The average Bonchev–Trinajstić information content (AvgIpc) is 2.81. The minimum absolute atomic E-state index is 0.0203. The number of alkyl halides is 3. The van der Waals surface area contributed by atoms with Gasteiger partial charge in [0, 0.05) is 5.39 Å². The van der Waals surface area contributed by atoms with Crippen LogP contribution in [0.5, 0.6) is 5.75 Å². The number of hydrogen-bond acceptors (Lipinski definition) is 1. The number of ether oxygens (including phenoxy) is 1. The summed E-state index contributed by atoms with van der Waals surface area (Å²) < 4.78 is 99.8. The second-order valence-electron chi connectivity index (χ2n) is 9.56. The summed E-state index contributed by atoms with van der Waals surface area (Å²) >= 11 is 0. The number of benzene rings is 3. The molecule has 0 unspecified atom stereocenters. The Morgan fingerprint density at radius 1 is 0.833 bits per heavy atom. The zero-order valence-electron chi connectivity index (χ0n) is 19.8. The van der Waals surface area contributed by atoms with E-state index < -0.39 is 35.4 Å². The lowest BCUT2D eigenvalue weighted by Gasteiger charge is -2.29. The molecule has 194 valence electrons. The highest BCUT2D eigenvalue weighted by molar-refractivity contribution is 5.89. The number of hydrogen-bond donors (Lipinski definition) is 0. The molecule has 0 saturated heterocycles. The first-order chi connectivity index (χ1) is 17.1. The van der Waals surface area contributed by atoms with Crippen LogP contribution >= 0.6 is 0 Å². The van der Waals surface area contributed by atoms with Crippen molar-refractivity contribution in [1.82, 2.24) is 0 Å². The Morgan fingerprint density at radius 3 is 2.11 bits per heavy atom. The van der Waals surface area contributed by atoms with E-state index in [0.29, 0.717) is 17.5 Å². The number of fused-ring (bicyclic) bond motifs is 1. The zero-order chi connectivity index (χ0) is 26.0. The summed E-state index contributed by atoms with van der Waals surface area (Å²) in [5.74, 6) is -5.57. The minimum atomic E-state index is -5.28. The molecule has 1 aliphatic carbocycles. The van der Waals surface area contributed by atoms with Gasteiger partial charge in [0.25, 0.3) is 0 Å². The molecule has 0 amide bonds. The molecule has 0 aromatic heterocycles. The van der Waals surface area contributed by atoms with Crippen LogP contribution in [0, 0.1) is 29.2 Å². The smallest absolute Gasteiger partial charge is 0.399 e. The molecule has 3 aromatic carbocycles. The summed E-state index contributed by atoms with van der Waals surface area (Å²) in [6.45, 7) is 2.17. The standard InChI is InChI=1S/C28H27F7O/c1-2-3-4-5-16-6-8-17(9-7-16)19-13-22(29)25(23(30)14-19)18-10-11-21-20(12-18)15-24(31)27(26(21)32)36-28(33,34)35/h10-17H,2-9H2,1H3/t16-,17-. The molecule has 3 aromatic rings. The van der Waals surface area contributed by atoms with Crippen molar-refractivity contribution >= 4 is 10.8 Å². The second-order valence-corrected chi connectivity index (χ2v) is 9.56. The van der Waals surface area contributed by atoms with E-state index in [1.165, 1.54) is 43.9 Å². The van der Waals surface area contributed by atoms with E-state index in [9.17, 15) is 22.0 Å². The highest BCUT2D eigenvalue weighted by Gasteiger charge is 2.34. The van der Waals surface area contributed by atoms with Gasteiger partial charge in [-0.3, -0.25) is 0 Å². The maximum Gasteiger partial charge on any atom is 0.573 e. The average molecular weight is 513 g/mol. The molecule has 0 N–H and O–H groups in total. The van der Waals surface area contributed by atoms with E-state index in [2.05, 4.69) is 11.7 Å². The molecular formula is C28H27F7O. The molecule has 1 aliphatic rings. The van der Waals surface area contributed by atoms with Gasteiger partial charge in [-0.15, -0.1) is 13.2 Å². The minimum Gasteiger partial charge on any atom is -0.399 e. The highest BCUT2D eigenvalue weighted by Crippen LogP contribution is 2.41. The quantitative estimate of drug-likeness (QED) is 0.226. The maximum atomic E-state index is 15.1. The Bertz CT molecular complexity index is 1200. The van der Waals surface area contributed by atoms with Crippen LogP contribution in [0.1, 0.15) is 69.8 Å². The fourth-order valence-corrected chi connectivity index (χ4v) is 5.25. The lowest BCUT2D eigenvalue weighted by molar-refractivity contribution is -0.276. The topological polar surface area (TPSA) is 9.23 Å². The third-order valence-corrected chi connectivity index (χ3v) is 7.09. The van der Waals surface area contributed by atoms with Crippen molar-refractivity contribution in [3.8, 4) is 16.9 Å². The molecule has 1 fully saturated rings. The van der Waals surface area contributed by atoms with Crippen molar-refractivity contribution < 1.29 is 35.5 Å². The summed E-state index contributed by atoms with van der Waals surface area (Å²) in [6, 6.07) is 6.64. The van der Waals surface area contributed by atoms with Gasteiger partial charge in [-0.05, 0) is 78.3 Å². The van der Waals surface area contributed by atoms with E-state index in [4.69, 9.17) is 0 Å². The lowest BCUT2D eigenvalue weighted by Crippen LogP contribution is -2.19. The van der Waals surface area contributed by atoms with Gasteiger partial charge in [0.2, 0.25) is 5.75 Å². The predicted molar refractivity (Wildman–Crippen MR) is 125 cm³/mol. The Morgan fingerprint density at radius 2 is 1.50 bits per heavy atom. The molecule has 0 bridgehead atoms. The van der Waals surface area contributed by atoms with Crippen LogP contribution in [0.3, 0.4) is 0 Å². The molecule has 0 radical (unpaired) electrons. The molecule has 0 spiro atoms. The summed E-state index contributed by atoms with van der Waals surface area (Å²) in [7, 11) is 0. The molecule has 4 rings (SSSR count). The van der Waals surface area contributed by atoms with Crippen molar-refractivity contribution in [3.63, 3.8) is 0 Å². The van der Waals surface area contributed by atoms with Crippen LogP contribution < -0.4 is 4.74 Å². The van der Waals surface area contributed by atoms with Gasteiger partial charge in [-0.2, -0.15) is 0 Å². The van der Waals surface area contributed by atoms with E-state index in [1.807, 2.05) is 0 Å². The van der Waals surface area contributed by atoms with E-state index >= 15 is 8.78 Å². The van der Waals surface area contributed by atoms with Crippen LogP contribution in [0.2, 0.25) is 0 Å². The first-order valence-corrected chi connectivity index (χ1v) is 12.2. The van der Waals surface area contributed by atoms with Gasteiger partial charge in [-0.1, -0.05) is 44.7 Å². The molecule has 0 heterocycles. The fourth-order valence-electron chi connectivity index (χ4n) is 5.25. The van der Waals surface area contributed by atoms with Gasteiger partial charge >= 0.3 is 6.36 Å². The third kappa shape index (κ3) is 5.79. The lowest BCUT2D eigenvalue weighted by atomic mass is 9.76. The Kier molecular flexibility index (Phi) is 7.81. The summed E-state index contributed by atoms with van der Waals surface area (Å²) in [5, 5.41) is -0.520.